The van der Waals surface area contributed by atoms with Crippen molar-refractivity contribution in [2.45, 2.75) is 0 Å². The fourth-order valence-electron chi connectivity index (χ4n) is 2.21. The number of halogens is 1. The molecular formula is C16H12FNO2. The van der Waals surface area contributed by atoms with Gasteiger partial charge in [0, 0.05) is 11.1 Å². The van der Waals surface area contributed by atoms with E-state index < -0.39 is 0 Å². The Morgan fingerprint density at radius 3 is 2.85 bits per heavy atom. The fourth-order valence-corrected chi connectivity index (χ4v) is 2.21. The molecule has 1 aliphatic rings. The van der Waals surface area contributed by atoms with E-state index in [-0.39, 0.29) is 11.7 Å². The summed E-state index contributed by atoms with van der Waals surface area (Å²) in [5.41, 5.74) is 2.59. The van der Waals surface area contributed by atoms with Crippen molar-refractivity contribution in [3.8, 4) is 5.75 Å². The van der Waals surface area contributed by atoms with Gasteiger partial charge in [-0.3, -0.25) is 4.79 Å². The Balaban J connectivity index is 2.06. The first-order chi connectivity index (χ1) is 9.67. The summed E-state index contributed by atoms with van der Waals surface area (Å²) in [6.07, 6.45) is 1.77. The molecule has 0 unspecified atom stereocenters. The highest BCUT2D eigenvalue weighted by Crippen LogP contribution is 2.33. The fraction of sp³-hybridized carbons (Fsp3) is 0.0625. The van der Waals surface area contributed by atoms with Gasteiger partial charge in [0.1, 0.15) is 11.6 Å². The molecule has 1 N–H and O–H groups in total. The van der Waals surface area contributed by atoms with Crippen molar-refractivity contribution < 1.29 is 13.9 Å². The maximum Gasteiger partial charge on any atom is 0.256 e. The SMILES string of the molecule is COc1cccc(/C=C2\C(=O)Nc3cc(F)ccc32)c1. The molecule has 0 aromatic heterocycles. The number of benzene rings is 2. The lowest BCUT2D eigenvalue weighted by Crippen LogP contribution is -2.03. The topological polar surface area (TPSA) is 38.3 Å². The van der Waals surface area contributed by atoms with Crippen LogP contribution in [0.15, 0.2) is 42.5 Å². The third-order valence-corrected chi connectivity index (χ3v) is 3.17. The molecule has 0 radical (unpaired) electrons. The Morgan fingerprint density at radius 2 is 2.05 bits per heavy atom. The summed E-state index contributed by atoms with van der Waals surface area (Å²) >= 11 is 0. The summed E-state index contributed by atoms with van der Waals surface area (Å²) in [6, 6.07) is 11.7. The molecule has 0 atom stereocenters. The van der Waals surface area contributed by atoms with Gasteiger partial charge in [0.05, 0.1) is 12.8 Å². The summed E-state index contributed by atoms with van der Waals surface area (Å²) in [7, 11) is 1.59. The van der Waals surface area contributed by atoms with Crippen LogP contribution in [0, 0.1) is 5.82 Å². The number of carbonyl (C=O) groups excluding carboxylic acids is 1. The summed E-state index contributed by atoms with van der Waals surface area (Å²) in [4.78, 5) is 12.0. The number of methoxy groups -OCH3 is 1. The maximum atomic E-state index is 13.2. The lowest BCUT2D eigenvalue weighted by molar-refractivity contribution is -0.110. The van der Waals surface area contributed by atoms with Crippen molar-refractivity contribution in [2.75, 3.05) is 12.4 Å². The molecule has 0 fully saturated rings. The monoisotopic (exact) mass is 269 g/mol. The van der Waals surface area contributed by atoms with Crippen LogP contribution in [0.1, 0.15) is 11.1 Å². The van der Waals surface area contributed by atoms with Crippen LogP contribution in [0.5, 0.6) is 5.75 Å². The van der Waals surface area contributed by atoms with Crippen molar-refractivity contribution in [2.24, 2.45) is 0 Å². The van der Waals surface area contributed by atoms with E-state index in [0.717, 1.165) is 11.3 Å². The standard InChI is InChI=1S/C16H12FNO2/c1-20-12-4-2-3-10(7-12)8-14-13-6-5-11(17)9-15(13)18-16(14)19/h2-9H,1H3,(H,18,19)/b14-8-. The number of amides is 1. The molecule has 2 aromatic rings. The second kappa shape index (κ2) is 4.81. The molecule has 3 nitrogen and oxygen atoms in total. The Morgan fingerprint density at radius 1 is 1.20 bits per heavy atom. The Hall–Kier alpha value is -2.62. The lowest BCUT2D eigenvalue weighted by atomic mass is 10.0. The highest BCUT2D eigenvalue weighted by atomic mass is 19.1. The van der Waals surface area contributed by atoms with Crippen LogP contribution in [-0.4, -0.2) is 13.0 Å². The number of rotatable bonds is 2. The number of hydrogen-bond acceptors (Lipinski definition) is 2. The first kappa shape index (κ1) is 12.4. The average Bonchev–Trinajstić information content (AvgIpc) is 2.74. The normalized spacial score (nSPS) is 15.1. The largest absolute Gasteiger partial charge is 0.497 e. The molecule has 0 aliphatic carbocycles. The molecule has 1 amide bonds. The van der Waals surface area contributed by atoms with Crippen molar-refractivity contribution >= 4 is 23.2 Å². The molecule has 3 rings (SSSR count). The first-order valence-electron chi connectivity index (χ1n) is 6.14. The molecule has 0 saturated heterocycles. The minimum Gasteiger partial charge on any atom is -0.497 e. The Bertz CT molecular complexity index is 722. The zero-order chi connectivity index (χ0) is 14.1. The van der Waals surface area contributed by atoms with Gasteiger partial charge >= 0.3 is 0 Å². The minimum atomic E-state index is -0.369. The van der Waals surface area contributed by atoms with Crippen LogP contribution in [-0.2, 0) is 4.79 Å². The highest BCUT2D eigenvalue weighted by Gasteiger charge is 2.24. The average molecular weight is 269 g/mol. The predicted octanol–water partition coefficient (Wildman–Crippen LogP) is 3.33. The van der Waals surface area contributed by atoms with Crippen LogP contribution in [0.25, 0.3) is 11.6 Å². The van der Waals surface area contributed by atoms with Gasteiger partial charge in [-0.15, -0.1) is 0 Å². The number of hydrogen-bond donors (Lipinski definition) is 1. The van der Waals surface area contributed by atoms with Crippen molar-refractivity contribution in [1.29, 1.82) is 0 Å². The summed E-state index contributed by atoms with van der Waals surface area (Å²) in [6.45, 7) is 0. The molecule has 0 bridgehead atoms. The van der Waals surface area contributed by atoms with Crippen LogP contribution in [0.3, 0.4) is 0 Å². The molecule has 4 heteroatoms. The number of anilines is 1. The van der Waals surface area contributed by atoms with E-state index >= 15 is 0 Å². The number of ether oxygens (including phenoxy) is 1. The summed E-state index contributed by atoms with van der Waals surface area (Å²) in [5.74, 6) is 0.122. The number of nitrogens with one attached hydrogen (secondary N) is 1. The molecule has 1 heterocycles. The quantitative estimate of drug-likeness (QED) is 0.849. The summed E-state index contributed by atoms with van der Waals surface area (Å²) < 4.78 is 18.3. The van der Waals surface area contributed by atoms with Gasteiger partial charge in [0.25, 0.3) is 5.91 Å². The van der Waals surface area contributed by atoms with Gasteiger partial charge in [0.2, 0.25) is 0 Å². The van der Waals surface area contributed by atoms with Gasteiger partial charge in [-0.25, -0.2) is 4.39 Å². The zero-order valence-electron chi connectivity index (χ0n) is 10.8. The molecule has 1 aliphatic heterocycles. The zero-order valence-corrected chi connectivity index (χ0v) is 10.8. The highest BCUT2D eigenvalue weighted by molar-refractivity contribution is 6.34. The van der Waals surface area contributed by atoms with Crippen molar-refractivity contribution in [3.63, 3.8) is 0 Å². The number of fused-ring (bicyclic) bond motifs is 1. The van der Waals surface area contributed by atoms with Crippen LogP contribution in [0.2, 0.25) is 0 Å². The van der Waals surface area contributed by atoms with E-state index in [0.29, 0.717) is 16.8 Å². The van der Waals surface area contributed by atoms with E-state index in [1.165, 1.54) is 12.1 Å². The van der Waals surface area contributed by atoms with Crippen LogP contribution < -0.4 is 10.1 Å². The number of carbonyl (C=O) groups is 1. The van der Waals surface area contributed by atoms with Gasteiger partial charge in [-0.2, -0.15) is 0 Å². The molecular weight excluding hydrogens is 257 g/mol. The van der Waals surface area contributed by atoms with Gasteiger partial charge in [0.15, 0.2) is 0 Å². The minimum absolute atomic E-state index is 0.228. The third-order valence-electron chi connectivity index (χ3n) is 3.17. The second-order valence-corrected chi connectivity index (χ2v) is 4.48. The van der Waals surface area contributed by atoms with Crippen LogP contribution in [0.4, 0.5) is 10.1 Å². The Kier molecular flexibility index (Phi) is 2.99. The molecule has 0 spiro atoms. The van der Waals surface area contributed by atoms with Gasteiger partial charge < -0.3 is 10.1 Å². The second-order valence-electron chi connectivity index (χ2n) is 4.48. The van der Waals surface area contributed by atoms with Gasteiger partial charge in [-0.05, 0) is 42.0 Å². The molecule has 100 valence electrons. The van der Waals surface area contributed by atoms with E-state index in [1.807, 2.05) is 24.3 Å². The van der Waals surface area contributed by atoms with Gasteiger partial charge in [-0.1, -0.05) is 12.1 Å². The van der Waals surface area contributed by atoms with Crippen molar-refractivity contribution in [1.82, 2.24) is 0 Å². The van der Waals surface area contributed by atoms with E-state index in [1.54, 1.807) is 19.3 Å². The molecule has 20 heavy (non-hydrogen) atoms. The molecule has 2 aromatic carbocycles. The predicted molar refractivity (Wildman–Crippen MR) is 75.9 cm³/mol. The molecule has 0 saturated carbocycles. The van der Waals surface area contributed by atoms with E-state index in [9.17, 15) is 9.18 Å². The van der Waals surface area contributed by atoms with E-state index in [2.05, 4.69) is 5.32 Å². The lowest BCUT2D eigenvalue weighted by Gasteiger charge is -2.02. The maximum absolute atomic E-state index is 13.2. The van der Waals surface area contributed by atoms with E-state index in [4.69, 9.17) is 4.74 Å². The smallest absolute Gasteiger partial charge is 0.256 e. The third kappa shape index (κ3) is 2.16. The van der Waals surface area contributed by atoms with Crippen LogP contribution >= 0.6 is 0 Å². The summed E-state index contributed by atoms with van der Waals surface area (Å²) in [5, 5.41) is 2.66. The first-order valence-corrected chi connectivity index (χ1v) is 6.14. The Labute approximate surface area is 115 Å². The van der Waals surface area contributed by atoms with Crippen molar-refractivity contribution in [3.05, 3.63) is 59.4 Å².